The summed E-state index contributed by atoms with van der Waals surface area (Å²) in [6.07, 6.45) is 1.70. The Bertz CT molecular complexity index is 1040. The Kier molecular flexibility index (Phi) is 5.86. The lowest BCUT2D eigenvalue weighted by Crippen LogP contribution is -2.34. The van der Waals surface area contributed by atoms with E-state index in [-0.39, 0.29) is 28.3 Å². The molecule has 0 saturated heterocycles. The van der Waals surface area contributed by atoms with E-state index in [0.717, 1.165) is 11.3 Å². The Morgan fingerprint density at radius 3 is 2.79 bits per heavy atom. The largest absolute Gasteiger partial charge is 0.489 e. The van der Waals surface area contributed by atoms with Crippen LogP contribution in [0.2, 0.25) is 0 Å². The molecule has 1 aromatic heterocycles. The average Bonchev–Trinajstić information content (AvgIpc) is 2.99. The van der Waals surface area contributed by atoms with Gasteiger partial charge in [-0.05, 0) is 36.1 Å². The van der Waals surface area contributed by atoms with Crippen molar-refractivity contribution >= 4 is 35.8 Å². The van der Waals surface area contributed by atoms with Gasteiger partial charge in [0.15, 0.2) is 0 Å². The molecule has 0 aliphatic carbocycles. The summed E-state index contributed by atoms with van der Waals surface area (Å²) in [6, 6.07) is 8.54. The SMILES string of the molecule is Cn1c(CCCNC(=O)c2ccc(B(O)O)c(C=O)c2)nc2cc(F)ccc21. The molecular formula is C19H19BFN3O4. The molecule has 0 unspecified atom stereocenters. The van der Waals surface area contributed by atoms with Crippen LogP contribution in [0.4, 0.5) is 4.39 Å². The summed E-state index contributed by atoms with van der Waals surface area (Å²) < 4.78 is 15.2. The molecule has 3 rings (SSSR count). The van der Waals surface area contributed by atoms with Gasteiger partial charge >= 0.3 is 7.12 Å². The monoisotopic (exact) mass is 383 g/mol. The molecule has 3 N–H and O–H groups in total. The van der Waals surface area contributed by atoms with Crippen LogP contribution >= 0.6 is 0 Å². The van der Waals surface area contributed by atoms with E-state index in [1.165, 1.54) is 30.3 Å². The Labute approximate surface area is 161 Å². The number of aryl methyl sites for hydroxylation is 2. The first-order chi connectivity index (χ1) is 13.4. The van der Waals surface area contributed by atoms with Crippen molar-refractivity contribution in [3.05, 3.63) is 59.2 Å². The molecule has 9 heteroatoms. The number of halogens is 1. The number of aldehydes is 1. The number of hydrogen-bond acceptors (Lipinski definition) is 5. The minimum atomic E-state index is -1.78. The van der Waals surface area contributed by atoms with E-state index in [9.17, 15) is 24.0 Å². The fourth-order valence-corrected chi connectivity index (χ4v) is 3.05. The Balaban J connectivity index is 1.59. The minimum Gasteiger partial charge on any atom is -0.423 e. The van der Waals surface area contributed by atoms with E-state index in [0.29, 0.717) is 31.2 Å². The third kappa shape index (κ3) is 4.10. The fourth-order valence-electron chi connectivity index (χ4n) is 3.05. The van der Waals surface area contributed by atoms with Crippen molar-refractivity contribution in [3.63, 3.8) is 0 Å². The Morgan fingerprint density at radius 1 is 1.29 bits per heavy atom. The number of nitrogens with zero attached hydrogens (tertiary/aromatic N) is 2. The number of rotatable bonds is 7. The van der Waals surface area contributed by atoms with Crippen LogP contribution in [-0.4, -0.2) is 45.5 Å². The summed E-state index contributed by atoms with van der Waals surface area (Å²) in [6.45, 7) is 0.386. The van der Waals surface area contributed by atoms with E-state index in [1.807, 2.05) is 11.6 Å². The van der Waals surface area contributed by atoms with Crippen molar-refractivity contribution in [3.8, 4) is 0 Å². The number of amides is 1. The van der Waals surface area contributed by atoms with Crippen LogP contribution in [0.5, 0.6) is 0 Å². The Morgan fingerprint density at radius 2 is 2.07 bits per heavy atom. The molecule has 1 amide bonds. The molecular weight excluding hydrogens is 364 g/mol. The highest BCUT2D eigenvalue weighted by Gasteiger charge is 2.17. The molecule has 0 saturated carbocycles. The first kappa shape index (κ1) is 19.7. The molecule has 3 aromatic rings. The average molecular weight is 383 g/mol. The minimum absolute atomic E-state index is 0.0461. The van der Waals surface area contributed by atoms with Crippen LogP contribution in [0.3, 0.4) is 0 Å². The first-order valence-corrected chi connectivity index (χ1v) is 8.75. The van der Waals surface area contributed by atoms with Crippen LogP contribution < -0.4 is 10.8 Å². The maximum atomic E-state index is 13.3. The molecule has 0 aliphatic heterocycles. The molecule has 0 radical (unpaired) electrons. The highest BCUT2D eigenvalue weighted by atomic mass is 19.1. The van der Waals surface area contributed by atoms with Gasteiger partial charge in [-0.1, -0.05) is 6.07 Å². The molecule has 2 aromatic carbocycles. The third-order valence-electron chi connectivity index (χ3n) is 4.55. The van der Waals surface area contributed by atoms with Gasteiger partial charge in [0.05, 0.1) is 11.0 Å². The van der Waals surface area contributed by atoms with E-state index in [2.05, 4.69) is 10.3 Å². The van der Waals surface area contributed by atoms with Crippen LogP contribution in [0.1, 0.15) is 33.0 Å². The lowest BCUT2D eigenvalue weighted by molar-refractivity contribution is 0.0953. The lowest BCUT2D eigenvalue weighted by Gasteiger charge is -2.08. The van der Waals surface area contributed by atoms with Crippen LogP contribution in [0.15, 0.2) is 36.4 Å². The summed E-state index contributed by atoms with van der Waals surface area (Å²) in [5, 5.41) is 21.2. The maximum absolute atomic E-state index is 13.3. The molecule has 0 spiro atoms. The van der Waals surface area contributed by atoms with Crippen molar-refractivity contribution in [2.24, 2.45) is 7.05 Å². The van der Waals surface area contributed by atoms with Gasteiger partial charge in [0.25, 0.3) is 5.91 Å². The summed E-state index contributed by atoms with van der Waals surface area (Å²) in [7, 11) is 0.0817. The number of imidazole rings is 1. The topological polar surface area (TPSA) is 104 Å². The smallest absolute Gasteiger partial charge is 0.423 e. The molecule has 0 bridgehead atoms. The van der Waals surface area contributed by atoms with Crippen molar-refractivity contribution < 1.29 is 24.0 Å². The van der Waals surface area contributed by atoms with Gasteiger partial charge in [-0.3, -0.25) is 9.59 Å². The molecule has 28 heavy (non-hydrogen) atoms. The number of aromatic nitrogens is 2. The van der Waals surface area contributed by atoms with E-state index in [4.69, 9.17) is 0 Å². The quantitative estimate of drug-likeness (QED) is 0.314. The summed E-state index contributed by atoms with van der Waals surface area (Å²) in [5.74, 6) is 0.0902. The number of carbonyl (C=O) groups excluding carboxylic acids is 2. The van der Waals surface area contributed by atoms with Gasteiger partial charge < -0.3 is 19.9 Å². The van der Waals surface area contributed by atoms with Crippen LogP contribution in [0.25, 0.3) is 11.0 Å². The molecule has 7 nitrogen and oxygen atoms in total. The molecule has 0 atom stereocenters. The second kappa shape index (κ2) is 8.32. The number of carbonyl (C=O) groups is 2. The predicted octanol–water partition coefficient (Wildman–Crippen LogP) is 0.567. The summed E-state index contributed by atoms with van der Waals surface area (Å²) in [4.78, 5) is 27.7. The lowest BCUT2D eigenvalue weighted by atomic mass is 9.77. The molecule has 144 valence electrons. The predicted molar refractivity (Wildman–Crippen MR) is 103 cm³/mol. The maximum Gasteiger partial charge on any atom is 0.489 e. The van der Waals surface area contributed by atoms with E-state index in [1.54, 1.807) is 6.07 Å². The third-order valence-corrected chi connectivity index (χ3v) is 4.55. The zero-order valence-electron chi connectivity index (χ0n) is 15.2. The summed E-state index contributed by atoms with van der Waals surface area (Å²) in [5.41, 5.74) is 1.78. The molecule has 0 aliphatic rings. The first-order valence-electron chi connectivity index (χ1n) is 8.75. The second-order valence-electron chi connectivity index (χ2n) is 6.41. The number of benzene rings is 2. The number of nitrogens with one attached hydrogen (secondary N) is 1. The highest BCUT2D eigenvalue weighted by molar-refractivity contribution is 6.60. The van der Waals surface area contributed by atoms with Gasteiger partial charge in [-0.15, -0.1) is 0 Å². The highest BCUT2D eigenvalue weighted by Crippen LogP contribution is 2.17. The van der Waals surface area contributed by atoms with Crippen LogP contribution in [-0.2, 0) is 13.5 Å². The van der Waals surface area contributed by atoms with Gasteiger partial charge in [0.1, 0.15) is 17.9 Å². The zero-order valence-corrected chi connectivity index (χ0v) is 15.2. The van der Waals surface area contributed by atoms with Gasteiger partial charge in [-0.2, -0.15) is 0 Å². The summed E-state index contributed by atoms with van der Waals surface area (Å²) >= 11 is 0. The Hall–Kier alpha value is -3.04. The standard InChI is InChI=1S/C19H19BFN3O4/c1-24-17-7-5-14(21)10-16(17)23-18(24)3-2-8-22-19(26)12-4-6-15(20(27)28)13(9-12)11-25/h4-7,9-11,27-28H,2-3,8H2,1H3,(H,22,26). The van der Waals surface area contributed by atoms with Crippen molar-refractivity contribution in [2.45, 2.75) is 12.8 Å². The van der Waals surface area contributed by atoms with E-state index < -0.39 is 7.12 Å². The van der Waals surface area contributed by atoms with Gasteiger partial charge in [-0.25, -0.2) is 9.37 Å². The van der Waals surface area contributed by atoms with Crippen molar-refractivity contribution in [2.75, 3.05) is 6.54 Å². The van der Waals surface area contributed by atoms with Crippen molar-refractivity contribution in [1.29, 1.82) is 0 Å². The van der Waals surface area contributed by atoms with Crippen LogP contribution in [0, 0.1) is 5.82 Å². The van der Waals surface area contributed by atoms with Gasteiger partial charge in [0, 0.05) is 37.2 Å². The molecule has 0 fully saturated rings. The number of fused-ring (bicyclic) bond motifs is 1. The number of hydrogen-bond donors (Lipinski definition) is 3. The fraction of sp³-hybridized carbons (Fsp3) is 0.211. The molecule has 1 heterocycles. The normalized spacial score (nSPS) is 10.9. The van der Waals surface area contributed by atoms with E-state index >= 15 is 0 Å². The van der Waals surface area contributed by atoms with Gasteiger partial charge in [0.2, 0.25) is 0 Å². The second-order valence-corrected chi connectivity index (χ2v) is 6.41. The zero-order chi connectivity index (χ0) is 20.3. The van der Waals surface area contributed by atoms with Crippen molar-refractivity contribution in [1.82, 2.24) is 14.9 Å².